The number of piperidine rings is 1. The molecule has 0 saturated carbocycles. The number of sulfone groups is 1. The number of halogens is 2. The maximum absolute atomic E-state index is 13.2. The van der Waals surface area contributed by atoms with Crippen LogP contribution >= 0.6 is 34.5 Å². The molecule has 0 unspecified atom stereocenters. The molecule has 0 aliphatic carbocycles. The van der Waals surface area contributed by atoms with Crippen LogP contribution in [0.1, 0.15) is 29.7 Å². The van der Waals surface area contributed by atoms with E-state index in [2.05, 4.69) is 10.3 Å². The highest BCUT2D eigenvalue weighted by Gasteiger charge is 2.33. The van der Waals surface area contributed by atoms with E-state index >= 15 is 0 Å². The lowest BCUT2D eigenvalue weighted by Gasteiger charge is -2.31. The summed E-state index contributed by atoms with van der Waals surface area (Å²) in [7, 11) is -1.86. The van der Waals surface area contributed by atoms with Gasteiger partial charge >= 0.3 is 0 Å². The lowest BCUT2D eigenvalue weighted by Crippen LogP contribution is -2.39. The molecule has 1 saturated heterocycles. The van der Waals surface area contributed by atoms with Crippen molar-refractivity contribution in [3.8, 4) is 5.75 Å². The largest absolute Gasteiger partial charge is 0.496 e. The van der Waals surface area contributed by atoms with E-state index in [0.29, 0.717) is 42.9 Å². The quantitative estimate of drug-likeness (QED) is 0.419. The van der Waals surface area contributed by atoms with Gasteiger partial charge in [0.25, 0.3) is 0 Å². The second kappa shape index (κ2) is 9.59. The summed E-state index contributed by atoms with van der Waals surface area (Å²) in [6, 6.07) is 11.0. The second-order valence-corrected chi connectivity index (χ2v) is 11.7. The number of ether oxygens (including phenoxy) is 1. The molecule has 5 nitrogen and oxygen atoms in total. The fraction of sp³-hybridized carbons (Fsp3) is 0.348. The Morgan fingerprint density at radius 3 is 2.59 bits per heavy atom. The van der Waals surface area contributed by atoms with Gasteiger partial charge in [0.2, 0.25) is 0 Å². The molecule has 0 amide bonds. The average molecular weight is 511 g/mol. The van der Waals surface area contributed by atoms with Gasteiger partial charge in [-0.25, -0.2) is 13.4 Å². The van der Waals surface area contributed by atoms with Crippen molar-refractivity contribution in [1.82, 2.24) is 4.98 Å². The third kappa shape index (κ3) is 4.76. The molecular weight excluding hydrogens is 487 g/mol. The molecule has 1 aliphatic rings. The molecular formula is C23H24Cl2N2O3S2. The average Bonchev–Trinajstić information content (AvgIpc) is 3.25. The minimum atomic E-state index is -3.53. The van der Waals surface area contributed by atoms with Crippen LogP contribution in [0.25, 0.3) is 0 Å². The van der Waals surface area contributed by atoms with Crippen LogP contribution < -0.4 is 9.64 Å². The number of aryl methyl sites for hydroxylation is 1. The first-order valence-electron chi connectivity index (χ1n) is 10.3. The molecule has 2 heterocycles. The summed E-state index contributed by atoms with van der Waals surface area (Å²) < 4.78 is 31.9. The molecule has 1 aliphatic heterocycles. The van der Waals surface area contributed by atoms with Crippen molar-refractivity contribution < 1.29 is 13.2 Å². The standard InChI is InChI=1S/C23H24Cl2N2O3S2/c1-15-11-22(20(25)13-19(15)24)32(28,29)18-7-9-27(10-8-18)23-26-17(14-31-23)12-16-5-3-4-6-21(16)30-2/h3-6,11,13-14,18H,7-10,12H2,1-2H3. The fourth-order valence-electron chi connectivity index (χ4n) is 3.95. The molecule has 0 N–H and O–H groups in total. The zero-order valence-corrected chi connectivity index (χ0v) is 21.0. The first-order chi connectivity index (χ1) is 15.3. The van der Waals surface area contributed by atoms with E-state index in [4.69, 9.17) is 32.9 Å². The minimum Gasteiger partial charge on any atom is -0.496 e. The van der Waals surface area contributed by atoms with E-state index in [1.165, 1.54) is 6.07 Å². The van der Waals surface area contributed by atoms with Crippen LogP contribution in [0.4, 0.5) is 5.13 Å². The van der Waals surface area contributed by atoms with Gasteiger partial charge in [0.15, 0.2) is 15.0 Å². The highest BCUT2D eigenvalue weighted by atomic mass is 35.5. The first kappa shape index (κ1) is 23.4. The zero-order chi connectivity index (χ0) is 22.9. The van der Waals surface area contributed by atoms with E-state index in [1.807, 2.05) is 24.3 Å². The van der Waals surface area contributed by atoms with E-state index in [0.717, 1.165) is 22.1 Å². The van der Waals surface area contributed by atoms with Gasteiger partial charge in [-0.2, -0.15) is 0 Å². The lowest BCUT2D eigenvalue weighted by atomic mass is 10.1. The predicted octanol–water partition coefficient (Wildman–Crippen LogP) is 5.80. The number of methoxy groups -OCH3 is 1. The number of nitrogens with zero attached hydrogens (tertiary/aromatic N) is 2. The monoisotopic (exact) mass is 510 g/mol. The molecule has 2 aromatic carbocycles. The van der Waals surface area contributed by atoms with Crippen molar-refractivity contribution in [1.29, 1.82) is 0 Å². The Labute approximate surface area is 202 Å². The maximum Gasteiger partial charge on any atom is 0.185 e. The van der Waals surface area contributed by atoms with Crippen LogP contribution in [0.15, 0.2) is 46.7 Å². The zero-order valence-electron chi connectivity index (χ0n) is 17.8. The Morgan fingerprint density at radius 1 is 1.16 bits per heavy atom. The number of aromatic nitrogens is 1. The third-order valence-corrected chi connectivity index (χ3v) is 9.86. The summed E-state index contributed by atoms with van der Waals surface area (Å²) in [5.74, 6) is 0.851. The first-order valence-corrected chi connectivity index (χ1v) is 13.5. The lowest BCUT2D eigenvalue weighted by molar-refractivity contribution is 0.410. The van der Waals surface area contributed by atoms with Crippen molar-refractivity contribution in [3.63, 3.8) is 0 Å². The highest BCUT2D eigenvalue weighted by Crippen LogP contribution is 2.34. The van der Waals surface area contributed by atoms with Gasteiger partial charge in [-0.1, -0.05) is 41.4 Å². The Morgan fingerprint density at radius 2 is 1.88 bits per heavy atom. The SMILES string of the molecule is COc1ccccc1Cc1csc(N2CCC(S(=O)(=O)c3cc(C)c(Cl)cc3Cl)CC2)n1. The van der Waals surface area contributed by atoms with Crippen molar-refractivity contribution >= 4 is 49.5 Å². The topological polar surface area (TPSA) is 59.5 Å². The molecule has 0 spiro atoms. The van der Waals surface area contributed by atoms with Crippen LogP contribution in [0, 0.1) is 6.92 Å². The summed E-state index contributed by atoms with van der Waals surface area (Å²) in [5, 5.41) is 3.16. The number of hydrogen-bond acceptors (Lipinski definition) is 6. The number of para-hydroxylation sites is 1. The van der Waals surface area contributed by atoms with Gasteiger partial charge in [0, 0.05) is 35.5 Å². The van der Waals surface area contributed by atoms with Gasteiger partial charge in [0.05, 0.1) is 28.0 Å². The molecule has 1 fully saturated rings. The molecule has 9 heteroatoms. The van der Waals surface area contributed by atoms with Gasteiger partial charge in [0.1, 0.15) is 5.75 Å². The van der Waals surface area contributed by atoms with Crippen LogP contribution in [0.5, 0.6) is 5.75 Å². The van der Waals surface area contributed by atoms with Crippen LogP contribution in [-0.2, 0) is 16.3 Å². The molecule has 0 radical (unpaired) electrons. The summed E-state index contributed by atoms with van der Waals surface area (Å²) in [6.07, 6.45) is 1.75. The van der Waals surface area contributed by atoms with Crippen molar-refractivity contribution in [2.75, 3.05) is 25.1 Å². The molecule has 32 heavy (non-hydrogen) atoms. The Hall–Kier alpha value is -1.80. The summed E-state index contributed by atoms with van der Waals surface area (Å²) in [4.78, 5) is 7.13. The van der Waals surface area contributed by atoms with Gasteiger partial charge in [-0.05, 0) is 43.5 Å². The molecule has 4 rings (SSSR count). The molecule has 0 bridgehead atoms. The molecule has 0 atom stereocenters. The van der Waals surface area contributed by atoms with Crippen molar-refractivity contribution in [2.24, 2.45) is 0 Å². The van der Waals surface area contributed by atoms with E-state index in [-0.39, 0.29) is 9.92 Å². The van der Waals surface area contributed by atoms with Crippen LogP contribution in [0.3, 0.4) is 0 Å². The number of thiazole rings is 1. The fourth-order valence-corrected chi connectivity index (χ4v) is 7.40. The molecule has 170 valence electrons. The summed E-state index contributed by atoms with van der Waals surface area (Å²) >= 11 is 13.9. The molecule has 1 aromatic heterocycles. The van der Waals surface area contributed by atoms with Crippen LogP contribution in [0.2, 0.25) is 10.0 Å². The normalized spacial score (nSPS) is 15.2. The highest BCUT2D eigenvalue weighted by molar-refractivity contribution is 7.92. The van der Waals surface area contributed by atoms with Crippen LogP contribution in [-0.4, -0.2) is 38.9 Å². The van der Waals surface area contributed by atoms with Gasteiger partial charge < -0.3 is 9.64 Å². The summed E-state index contributed by atoms with van der Waals surface area (Å²) in [6.45, 7) is 3.05. The predicted molar refractivity (Wildman–Crippen MR) is 132 cm³/mol. The number of benzene rings is 2. The number of anilines is 1. The van der Waals surface area contributed by atoms with Gasteiger partial charge in [-0.3, -0.25) is 0 Å². The smallest absolute Gasteiger partial charge is 0.185 e. The maximum atomic E-state index is 13.2. The Balaban J connectivity index is 1.44. The number of rotatable bonds is 6. The molecule has 3 aromatic rings. The van der Waals surface area contributed by atoms with E-state index in [9.17, 15) is 8.42 Å². The Kier molecular flexibility index (Phi) is 7.00. The number of hydrogen-bond donors (Lipinski definition) is 0. The summed E-state index contributed by atoms with van der Waals surface area (Å²) in [5.41, 5.74) is 2.77. The van der Waals surface area contributed by atoms with E-state index in [1.54, 1.807) is 31.4 Å². The van der Waals surface area contributed by atoms with Gasteiger partial charge in [-0.15, -0.1) is 11.3 Å². The second-order valence-electron chi connectivity index (χ2n) is 7.87. The van der Waals surface area contributed by atoms with Crippen molar-refractivity contribution in [3.05, 3.63) is 68.6 Å². The third-order valence-electron chi connectivity index (χ3n) is 5.77. The Bertz CT molecular complexity index is 1220. The minimum absolute atomic E-state index is 0.174. The van der Waals surface area contributed by atoms with Crippen molar-refractivity contribution in [2.45, 2.75) is 36.3 Å². The van der Waals surface area contributed by atoms with E-state index < -0.39 is 15.1 Å².